The van der Waals surface area contributed by atoms with Crippen molar-refractivity contribution in [3.63, 3.8) is 0 Å². The first-order valence-electron chi connectivity index (χ1n) is 5.08. The molecule has 0 bridgehead atoms. The highest BCUT2D eigenvalue weighted by atomic mass is 35.5. The highest BCUT2D eigenvalue weighted by Crippen LogP contribution is 2.22. The van der Waals surface area contributed by atoms with Gasteiger partial charge in [-0.25, -0.2) is 17.8 Å². The van der Waals surface area contributed by atoms with E-state index in [0.717, 1.165) is 18.2 Å². The number of nitrogens with zero attached hydrogens (tertiary/aromatic N) is 1. The molecule has 2 aromatic rings. The zero-order valence-electron chi connectivity index (χ0n) is 9.47. The molecule has 5 nitrogen and oxygen atoms in total. The van der Waals surface area contributed by atoms with Gasteiger partial charge < -0.3 is 5.73 Å². The highest BCUT2D eigenvalue weighted by molar-refractivity contribution is 7.92. The van der Waals surface area contributed by atoms with Gasteiger partial charge in [-0.1, -0.05) is 11.6 Å². The van der Waals surface area contributed by atoms with Gasteiger partial charge in [0.1, 0.15) is 16.5 Å². The molecule has 1 aromatic carbocycles. The maximum absolute atomic E-state index is 12.9. The summed E-state index contributed by atoms with van der Waals surface area (Å²) in [6, 6.07) is 5.87. The third-order valence-corrected chi connectivity index (χ3v) is 3.89. The summed E-state index contributed by atoms with van der Waals surface area (Å²) in [6.07, 6.45) is 1.36. The average Bonchev–Trinajstić information content (AvgIpc) is 2.27. The third kappa shape index (κ3) is 3.12. The number of benzene rings is 1. The zero-order chi connectivity index (χ0) is 14.0. The van der Waals surface area contributed by atoms with Crippen molar-refractivity contribution >= 4 is 33.1 Å². The molecule has 0 saturated carbocycles. The van der Waals surface area contributed by atoms with E-state index >= 15 is 0 Å². The molecule has 8 heteroatoms. The lowest BCUT2D eigenvalue weighted by atomic mass is 10.3. The van der Waals surface area contributed by atoms with Crippen molar-refractivity contribution in [1.82, 2.24) is 4.98 Å². The van der Waals surface area contributed by atoms with Gasteiger partial charge >= 0.3 is 0 Å². The fraction of sp³-hybridized carbons (Fsp3) is 0. The lowest BCUT2D eigenvalue weighted by Crippen LogP contribution is -2.15. The number of hydrogen-bond acceptors (Lipinski definition) is 4. The molecular formula is C11H9ClFN3O2S. The molecule has 100 valence electrons. The molecular weight excluding hydrogens is 293 g/mol. The van der Waals surface area contributed by atoms with Gasteiger partial charge in [-0.15, -0.1) is 0 Å². The van der Waals surface area contributed by atoms with Crippen LogP contribution >= 0.6 is 11.6 Å². The van der Waals surface area contributed by atoms with Crippen molar-refractivity contribution < 1.29 is 12.8 Å². The predicted octanol–water partition coefficient (Wildman–Crippen LogP) is 2.26. The summed E-state index contributed by atoms with van der Waals surface area (Å²) in [5.41, 5.74) is 5.30. The number of sulfonamides is 1. The van der Waals surface area contributed by atoms with E-state index < -0.39 is 15.8 Å². The minimum Gasteiger partial charge on any atom is -0.398 e. The maximum atomic E-state index is 12.9. The van der Waals surface area contributed by atoms with Crippen LogP contribution in [0.3, 0.4) is 0 Å². The van der Waals surface area contributed by atoms with Gasteiger partial charge in [0, 0.05) is 17.3 Å². The summed E-state index contributed by atoms with van der Waals surface area (Å²) in [6.45, 7) is 0. The first-order chi connectivity index (χ1) is 8.88. The topological polar surface area (TPSA) is 85.1 Å². The van der Waals surface area contributed by atoms with E-state index in [2.05, 4.69) is 9.71 Å². The van der Waals surface area contributed by atoms with Crippen LogP contribution in [0.5, 0.6) is 0 Å². The summed E-state index contributed by atoms with van der Waals surface area (Å²) in [5, 5.41) is 0.333. The molecule has 0 radical (unpaired) electrons. The normalized spacial score (nSPS) is 11.3. The molecule has 0 aliphatic heterocycles. The maximum Gasteiger partial charge on any atom is 0.265 e. The number of nitrogens with two attached hydrogens (primary N) is 1. The summed E-state index contributed by atoms with van der Waals surface area (Å²) < 4.78 is 39.2. The minimum atomic E-state index is -3.94. The second-order valence-corrected chi connectivity index (χ2v) is 5.73. The molecule has 1 heterocycles. The van der Waals surface area contributed by atoms with Crippen LogP contribution in [0.1, 0.15) is 0 Å². The van der Waals surface area contributed by atoms with Crippen molar-refractivity contribution in [1.29, 1.82) is 0 Å². The van der Waals surface area contributed by atoms with Gasteiger partial charge in [0.05, 0.1) is 5.69 Å². The largest absolute Gasteiger partial charge is 0.398 e. The summed E-state index contributed by atoms with van der Waals surface area (Å²) >= 11 is 5.72. The number of aromatic nitrogens is 1. The fourth-order valence-electron chi connectivity index (χ4n) is 1.42. The molecule has 0 fully saturated rings. The van der Waals surface area contributed by atoms with Gasteiger partial charge in [-0.3, -0.25) is 4.72 Å². The van der Waals surface area contributed by atoms with Gasteiger partial charge in [0.25, 0.3) is 10.0 Å². The van der Waals surface area contributed by atoms with Gasteiger partial charge in [-0.2, -0.15) is 0 Å². The second kappa shape index (κ2) is 5.02. The standard InChI is InChI=1S/C11H9ClFN3O2S/c12-7-3-4-15-11(5-7)16-19(17,18)10-2-1-8(13)6-9(10)14/h1-6H,14H2,(H,15,16). The van der Waals surface area contributed by atoms with E-state index in [1.54, 1.807) is 0 Å². The number of hydrogen-bond donors (Lipinski definition) is 2. The van der Waals surface area contributed by atoms with Crippen molar-refractivity contribution in [2.24, 2.45) is 0 Å². The molecule has 2 rings (SSSR count). The van der Waals surface area contributed by atoms with Crippen LogP contribution in [0.25, 0.3) is 0 Å². The Bertz CT molecular complexity index is 722. The Kier molecular flexibility index (Phi) is 3.59. The van der Waals surface area contributed by atoms with E-state index in [0.29, 0.717) is 5.02 Å². The molecule has 3 N–H and O–H groups in total. The van der Waals surface area contributed by atoms with Crippen LogP contribution in [-0.2, 0) is 10.0 Å². The number of nitrogen functional groups attached to an aromatic ring is 1. The Morgan fingerprint density at radius 2 is 2.00 bits per heavy atom. The van der Waals surface area contributed by atoms with Crippen LogP contribution in [0.15, 0.2) is 41.4 Å². The summed E-state index contributed by atoms with van der Waals surface area (Å²) in [5.74, 6) is -0.562. The van der Waals surface area contributed by atoms with E-state index in [4.69, 9.17) is 17.3 Å². The fourth-order valence-corrected chi connectivity index (χ4v) is 2.69. The Morgan fingerprint density at radius 3 is 2.63 bits per heavy atom. The Hall–Kier alpha value is -1.86. The van der Waals surface area contributed by atoms with E-state index in [-0.39, 0.29) is 16.4 Å². The molecule has 0 spiro atoms. The lowest BCUT2D eigenvalue weighted by Gasteiger charge is -2.09. The SMILES string of the molecule is Nc1cc(F)ccc1S(=O)(=O)Nc1cc(Cl)ccn1. The smallest absolute Gasteiger partial charge is 0.265 e. The minimum absolute atomic E-state index is 0.0521. The quantitative estimate of drug-likeness (QED) is 0.852. The van der Waals surface area contributed by atoms with Crippen LogP contribution in [-0.4, -0.2) is 13.4 Å². The average molecular weight is 302 g/mol. The van der Waals surface area contributed by atoms with E-state index in [9.17, 15) is 12.8 Å². The van der Waals surface area contributed by atoms with Crippen molar-refractivity contribution in [3.8, 4) is 0 Å². The number of rotatable bonds is 3. The first-order valence-corrected chi connectivity index (χ1v) is 6.94. The van der Waals surface area contributed by atoms with Crippen molar-refractivity contribution in [2.75, 3.05) is 10.5 Å². The summed E-state index contributed by atoms with van der Waals surface area (Å²) in [7, 11) is -3.94. The molecule has 0 unspecified atom stereocenters. The molecule has 0 atom stereocenters. The van der Waals surface area contributed by atoms with Crippen LogP contribution in [0.4, 0.5) is 15.9 Å². The highest BCUT2D eigenvalue weighted by Gasteiger charge is 2.18. The predicted molar refractivity (Wildman–Crippen MR) is 70.9 cm³/mol. The van der Waals surface area contributed by atoms with Gasteiger partial charge in [-0.05, 0) is 24.3 Å². The zero-order valence-corrected chi connectivity index (χ0v) is 11.0. The Balaban J connectivity index is 2.38. The number of nitrogens with one attached hydrogen (secondary N) is 1. The molecule has 1 aromatic heterocycles. The van der Waals surface area contributed by atoms with Crippen LogP contribution in [0, 0.1) is 5.82 Å². The number of anilines is 2. The first kappa shape index (κ1) is 13.6. The van der Waals surface area contributed by atoms with Crippen molar-refractivity contribution in [3.05, 3.63) is 47.4 Å². The van der Waals surface area contributed by atoms with Gasteiger partial charge in [0.15, 0.2) is 0 Å². The molecule has 0 aliphatic carbocycles. The molecule has 0 aliphatic rings. The third-order valence-electron chi connectivity index (χ3n) is 2.22. The Labute approximate surface area is 114 Å². The Morgan fingerprint density at radius 1 is 1.26 bits per heavy atom. The molecule has 0 amide bonds. The number of pyridine rings is 1. The van der Waals surface area contributed by atoms with E-state index in [1.807, 2.05) is 0 Å². The van der Waals surface area contributed by atoms with Crippen molar-refractivity contribution in [2.45, 2.75) is 4.90 Å². The molecule has 19 heavy (non-hydrogen) atoms. The number of halogens is 2. The summed E-state index contributed by atoms with van der Waals surface area (Å²) in [4.78, 5) is 3.58. The lowest BCUT2D eigenvalue weighted by molar-refractivity contribution is 0.600. The van der Waals surface area contributed by atoms with E-state index in [1.165, 1.54) is 18.3 Å². The van der Waals surface area contributed by atoms with Gasteiger partial charge in [0.2, 0.25) is 0 Å². The monoisotopic (exact) mass is 301 g/mol. The molecule has 0 saturated heterocycles. The van der Waals surface area contributed by atoms with Crippen LogP contribution in [0.2, 0.25) is 5.02 Å². The van der Waals surface area contributed by atoms with Crippen LogP contribution < -0.4 is 10.5 Å². The second-order valence-electron chi connectivity index (χ2n) is 3.65.